The second kappa shape index (κ2) is 9.05. The molecule has 1 aliphatic heterocycles. The second-order valence-electron chi connectivity index (χ2n) is 4.26. The summed E-state index contributed by atoms with van der Waals surface area (Å²) in [5, 5.41) is 8.82. The highest BCUT2D eigenvalue weighted by atomic mass is 35.5. The van der Waals surface area contributed by atoms with Crippen LogP contribution in [0.1, 0.15) is 12.8 Å². The third-order valence-electron chi connectivity index (χ3n) is 2.80. The first-order valence-electron chi connectivity index (χ1n) is 5.19. The van der Waals surface area contributed by atoms with Gasteiger partial charge in [-0.1, -0.05) is 0 Å². The molecule has 0 saturated carbocycles. The molecular weight excluding hydrogens is 251 g/mol. The van der Waals surface area contributed by atoms with Crippen molar-refractivity contribution in [2.24, 2.45) is 5.92 Å². The summed E-state index contributed by atoms with van der Waals surface area (Å²) in [6, 6.07) is 0. The molecule has 0 aliphatic carbocycles. The van der Waals surface area contributed by atoms with Crippen LogP contribution in [0, 0.1) is 5.92 Å². The highest BCUT2D eigenvalue weighted by Crippen LogP contribution is 2.16. The molecule has 0 amide bonds. The van der Waals surface area contributed by atoms with Gasteiger partial charge in [-0.2, -0.15) is 0 Å². The normalized spacial score (nSPS) is 17.7. The minimum absolute atomic E-state index is 0. The lowest BCUT2D eigenvalue weighted by Crippen LogP contribution is -2.39. The van der Waals surface area contributed by atoms with Gasteiger partial charge in [-0.3, -0.25) is 4.79 Å². The zero-order valence-electron chi connectivity index (χ0n) is 9.89. The molecule has 1 heterocycles. The average molecular weight is 273 g/mol. The maximum Gasteiger partial charge on any atom is 0.306 e. The van der Waals surface area contributed by atoms with Gasteiger partial charge in [-0.25, -0.2) is 0 Å². The van der Waals surface area contributed by atoms with E-state index in [4.69, 9.17) is 5.11 Å². The zero-order valence-corrected chi connectivity index (χ0v) is 11.5. The molecule has 1 N–H and O–H groups in total. The number of aliphatic carboxylic acids is 1. The van der Waals surface area contributed by atoms with E-state index in [0.29, 0.717) is 0 Å². The van der Waals surface area contributed by atoms with Crippen molar-refractivity contribution < 1.29 is 9.90 Å². The number of piperidine rings is 1. The molecule has 0 spiro atoms. The number of likely N-dealkylation sites (N-methyl/N-ethyl adjacent to an activating group) is 1. The van der Waals surface area contributed by atoms with Crippen LogP contribution in [0.25, 0.3) is 0 Å². The number of hydrogen-bond donors (Lipinski definition) is 1. The molecule has 4 nitrogen and oxygen atoms in total. The summed E-state index contributed by atoms with van der Waals surface area (Å²) in [4.78, 5) is 15.2. The highest BCUT2D eigenvalue weighted by Gasteiger charge is 2.23. The summed E-state index contributed by atoms with van der Waals surface area (Å²) >= 11 is 0. The standard InChI is InChI=1S/C10H20N2O2.2ClH/c1-11(2)7-8-12-5-3-9(4-6-12)10(13)14;;/h9H,3-8H2,1-2H3,(H,13,14);2*1H. The van der Waals surface area contributed by atoms with Crippen molar-refractivity contribution in [2.75, 3.05) is 40.3 Å². The van der Waals surface area contributed by atoms with Crippen molar-refractivity contribution >= 4 is 30.8 Å². The van der Waals surface area contributed by atoms with Gasteiger partial charge in [-0.05, 0) is 40.0 Å². The molecule has 98 valence electrons. The Balaban J connectivity index is 0. The minimum atomic E-state index is -0.628. The van der Waals surface area contributed by atoms with Gasteiger partial charge in [0.15, 0.2) is 0 Å². The van der Waals surface area contributed by atoms with Crippen LogP contribution in [0.3, 0.4) is 0 Å². The van der Waals surface area contributed by atoms with E-state index < -0.39 is 5.97 Å². The van der Waals surface area contributed by atoms with E-state index in [1.807, 2.05) is 0 Å². The first-order chi connectivity index (χ1) is 6.59. The molecular formula is C10H22Cl2N2O2. The SMILES string of the molecule is CN(C)CCN1CCC(C(=O)O)CC1.Cl.Cl. The van der Waals surface area contributed by atoms with Gasteiger partial charge in [-0.15, -0.1) is 24.8 Å². The number of carbonyl (C=O) groups is 1. The quantitative estimate of drug-likeness (QED) is 0.835. The van der Waals surface area contributed by atoms with Crippen molar-refractivity contribution in [3.63, 3.8) is 0 Å². The summed E-state index contributed by atoms with van der Waals surface area (Å²) in [5.74, 6) is -0.733. The lowest BCUT2D eigenvalue weighted by molar-refractivity contribution is -0.143. The van der Waals surface area contributed by atoms with Crippen LogP contribution in [-0.2, 0) is 4.79 Å². The predicted octanol–water partition coefficient (Wildman–Crippen LogP) is 1.19. The molecule has 16 heavy (non-hydrogen) atoms. The van der Waals surface area contributed by atoms with Crippen molar-refractivity contribution in [3.05, 3.63) is 0 Å². The smallest absolute Gasteiger partial charge is 0.306 e. The second-order valence-corrected chi connectivity index (χ2v) is 4.26. The van der Waals surface area contributed by atoms with E-state index in [0.717, 1.165) is 39.0 Å². The molecule has 1 fully saturated rings. The number of rotatable bonds is 4. The van der Waals surface area contributed by atoms with Crippen LogP contribution in [0.15, 0.2) is 0 Å². The Morgan fingerprint density at radius 3 is 2.19 bits per heavy atom. The fourth-order valence-electron chi connectivity index (χ4n) is 1.74. The van der Waals surface area contributed by atoms with Crippen LogP contribution in [0.4, 0.5) is 0 Å². The summed E-state index contributed by atoms with van der Waals surface area (Å²) in [5.41, 5.74) is 0. The largest absolute Gasteiger partial charge is 0.481 e. The van der Waals surface area contributed by atoms with E-state index in [1.54, 1.807) is 0 Å². The Hall–Kier alpha value is -0.0300. The van der Waals surface area contributed by atoms with Gasteiger partial charge in [0.1, 0.15) is 0 Å². The summed E-state index contributed by atoms with van der Waals surface area (Å²) < 4.78 is 0. The monoisotopic (exact) mass is 272 g/mol. The first kappa shape index (κ1) is 18.3. The third-order valence-corrected chi connectivity index (χ3v) is 2.80. The molecule has 0 aromatic carbocycles. The Morgan fingerprint density at radius 2 is 1.81 bits per heavy atom. The number of carboxylic acids is 1. The summed E-state index contributed by atoms with van der Waals surface area (Å²) in [6.45, 7) is 3.98. The van der Waals surface area contributed by atoms with Gasteiger partial charge in [0.2, 0.25) is 0 Å². The first-order valence-corrected chi connectivity index (χ1v) is 5.19. The molecule has 0 bridgehead atoms. The fraction of sp³-hybridized carbons (Fsp3) is 0.900. The van der Waals surface area contributed by atoms with E-state index >= 15 is 0 Å². The van der Waals surface area contributed by atoms with E-state index in [1.165, 1.54) is 0 Å². The van der Waals surface area contributed by atoms with E-state index in [2.05, 4.69) is 23.9 Å². The van der Waals surface area contributed by atoms with Gasteiger partial charge >= 0.3 is 5.97 Å². The summed E-state index contributed by atoms with van der Waals surface area (Å²) in [7, 11) is 4.12. The number of halogens is 2. The minimum Gasteiger partial charge on any atom is -0.481 e. The molecule has 0 unspecified atom stereocenters. The summed E-state index contributed by atoms with van der Waals surface area (Å²) in [6.07, 6.45) is 1.62. The number of likely N-dealkylation sites (tertiary alicyclic amines) is 1. The van der Waals surface area contributed by atoms with Crippen molar-refractivity contribution in [1.82, 2.24) is 9.80 Å². The molecule has 0 radical (unpaired) electrons. The number of carboxylic acid groups (broad SMARTS) is 1. The lowest BCUT2D eigenvalue weighted by Gasteiger charge is -2.30. The Morgan fingerprint density at radius 1 is 1.31 bits per heavy atom. The molecule has 0 aromatic heterocycles. The Bertz CT molecular complexity index is 195. The van der Waals surface area contributed by atoms with Crippen LogP contribution < -0.4 is 0 Å². The number of hydrogen-bond acceptors (Lipinski definition) is 3. The zero-order chi connectivity index (χ0) is 10.6. The fourth-order valence-corrected chi connectivity index (χ4v) is 1.74. The highest BCUT2D eigenvalue weighted by molar-refractivity contribution is 5.85. The molecule has 1 aliphatic rings. The molecule has 0 aromatic rings. The maximum atomic E-state index is 10.7. The van der Waals surface area contributed by atoms with Gasteiger partial charge in [0, 0.05) is 13.1 Å². The molecule has 1 rings (SSSR count). The molecule has 0 atom stereocenters. The van der Waals surface area contributed by atoms with Crippen LogP contribution in [0.5, 0.6) is 0 Å². The van der Waals surface area contributed by atoms with Crippen LogP contribution in [-0.4, -0.2) is 61.2 Å². The maximum absolute atomic E-state index is 10.7. The third kappa shape index (κ3) is 6.53. The molecule has 6 heteroatoms. The van der Waals surface area contributed by atoms with Crippen LogP contribution in [0.2, 0.25) is 0 Å². The topological polar surface area (TPSA) is 43.8 Å². The van der Waals surface area contributed by atoms with Gasteiger partial charge in [0.25, 0.3) is 0 Å². The number of nitrogens with zero attached hydrogens (tertiary/aromatic N) is 2. The molecule has 1 saturated heterocycles. The van der Waals surface area contributed by atoms with E-state index in [9.17, 15) is 4.79 Å². The Labute approximate surface area is 110 Å². The van der Waals surface area contributed by atoms with Crippen molar-refractivity contribution in [2.45, 2.75) is 12.8 Å². The average Bonchev–Trinajstić information content (AvgIpc) is 2.15. The Kier molecular flexibility index (Phi) is 10.4. The van der Waals surface area contributed by atoms with Crippen LogP contribution >= 0.6 is 24.8 Å². The van der Waals surface area contributed by atoms with Crippen molar-refractivity contribution in [1.29, 1.82) is 0 Å². The van der Waals surface area contributed by atoms with Gasteiger partial charge in [0.05, 0.1) is 5.92 Å². The predicted molar refractivity (Wildman–Crippen MR) is 69.8 cm³/mol. The van der Waals surface area contributed by atoms with Crippen molar-refractivity contribution in [3.8, 4) is 0 Å². The van der Waals surface area contributed by atoms with Gasteiger partial charge < -0.3 is 14.9 Å². The lowest BCUT2D eigenvalue weighted by atomic mass is 9.97. The van der Waals surface area contributed by atoms with E-state index in [-0.39, 0.29) is 30.7 Å².